The summed E-state index contributed by atoms with van der Waals surface area (Å²) in [4.78, 5) is 19.0. The van der Waals surface area contributed by atoms with E-state index in [1.54, 1.807) is 36.2 Å². The maximum atomic E-state index is 12.7. The highest BCUT2D eigenvalue weighted by Crippen LogP contribution is 2.31. The molecule has 30 heavy (non-hydrogen) atoms. The van der Waals surface area contributed by atoms with Gasteiger partial charge in [0.2, 0.25) is 5.82 Å². The number of hydrogen-bond donors (Lipinski definition) is 0. The first-order valence-electron chi connectivity index (χ1n) is 9.58. The van der Waals surface area contributed by atoms with E-state index < -0.39 is 0 Å². The Morgan fingerprint density at radius 2 is 2.00 bits per heavy atom. The molecule has 9 heteroatoms. The molecule has 0 N–H and O–H groups in total. The van der Waals surface area contributed by atoms with Crippen LogP contribution in [-0.2, 0) is 5.54 Å². The molecule has 3 aromatic rings. The second-order valence-electron chi connectivity index (χ2n) is 8.11. The second kappa shape index (κ2) is 8.66. The molecule has 1 aromatic carbocycles. The lowest BCUT2D eigenvalue weighted by Gasteiger charge is -2.18. The van der Waals surface area contributed by atoms with Gasteiger partial charge in [-0.2, -0.15) is 10.1 Å². The average molecular weight is 413 g/mol. The molecule has 0 saturated heterocycles. The molecule has 0 aliphatic rings. The van der Waals surface area contributed by atoms with Crippen LogP contribution in [-0.4, -0.2) is 65.0 Å². The first kappa shape index (κ1) is 21.5. The van der Waals surface area contributed by atoms with E-state index in [2.05, 4.69) is 15.2 Å². The summed E-state index contributed by atoms with van der Waals surface area (Å²) in [5.74, 6) is 0.996. The monoisotopic (exact) mass is 413 g/mol. The molecule has 0 radical (unpaired) electrons. The van der Waals surface area contributed by atoms with Crippen LogP contribution in [0.2, 0.25) is 0 Å². The smallest absolute Gasteiger partial charge is 0.299 e. The Kier molecular flexibility index (Phi) is 6.21. The second-order valence-corrected chi connectivity index (χ2v) is 8.11. The summed E-state index contributed by atoms with van der Waals surface area (Å²) in [6.07, 6.45) is 3.18. The lowest BCUT2D eigenvalue weighted by atomic mass is 10.1. The molecule has 0 fully saturated rings. The normalized spacial score (nSPS) is 11.7. The van der Waals surface area contributed by atoms with Crippen LogP contribution in [0.25, 0.3) is 11.4 Å². The van der Waals surface area contributed by atoms with Gasteiger partial charge in [-0.15, -0.1) is 0 Å². The molecule has 0 bridgehead atoms. The molecule has 3 rings (SSSR count). The predicted molar refractivity (Wildman–Crippen MR) is 111 cm³/mol. The number of ketones is 1. The number of hydrogen-bond acceptors (Lipinski definition) is 8. The number of rotatable bonds is 8. The number of ether oxygens (including phenoxy) is 2. The Balaban J connectivity index is 1.78. The summed E-state index contributed by atoms with van der Waals surface area (Å²) in [5.41, 5.74) is 0.813. The summed E-state index contributed by atoms with van der Waals surface area (Å²) in [6, 6.07) is 5.33. The third-order valence-electron chi connectivity index (χ3n) is 4.37. The molecule has 2 aromatic heterocycles. The van der Waals surface area contributed by atoms with Crippen LogP contribution in [0, 0.1) is 0 Å². The average Bonchev–Trinajstić information content (AvgIpc) is 3.37. The van der Waals surface area contributed by atoms with Gasteiger partial charge in [-0.3, -0.25) is 9.48 Å². The van der Waals surface area contributed by atoms with E-state index in [1.807, 2.05) is 39.8 Å². The highest BCUT2D eigenvalue weighted by atomic mass is 16.5. The van der Waals surface area contributed by atoms with Gasteiger partial charge in [0.25, 0.3) is 11.7 Å². The molecule has 0 unspecified atom stereocenters. The molecule has 0 aliphatic carbocycles. The fourth-order valence-electron chi connectivity index (χ4n) is 2.63. The van der Waals surface area contributed by atoms with Crippen molar-refractivity contribution in [3.05, 3.63) is 42.0 Å². The highest BCUT2D eigenvalue weighted by molar-refractivity contribution is 6.05. The van der Waals surface area contributed by atoms with Crippen LogP contribution in [0.5, 0.6) is 11.5 Å². The van der Waals surface area contributed by atoms with E-state index in [0.717, 1.165) is 6.54 Å². The van der Waals surface area contributed by atoms with Gasteiger partial charge in [0.05, 0.1) is 24.4 Å². The van der Waals surface area contributed by atoms with Crippen molar-refractivity contribution in [3.63, 3.8) is 0 Å². The van der Waals surface area contributed by atoms with Gasteiger partial charge in [-0.1, -0.05) is 5.16 Å². The number of methoxy groups -OCH3 is 1. The third-order valence-corrected chi connectivity index (χ3v) is 4.37. The minimum absolute atomic E-state index is 0.0938. The van der Waals surface area contributed by atoms with Crippen molar-refractivity contribution in [2.45, 2.75) is 26.3 Å². The highest BCUT2D eigenvalue weighted by Gasteiger charge is 2.22. The van der Waals surface area contributed by atoms with E-state index in [0.29, 0.717) is 35.1 Å². The van der Waals surface area contributed by atoms with Gasteiger partial charge in [0, 0.05) is 18.3 Å². The molecule has 0 atom stereocenters. The van der Waals surface area contributed by atoms with Gasteiger partial charge in [-0.05, 0) is 53.1 Å². The van der Waals surface area contributed by atoms with E-state index in [9.17, 15) is 4.79 Å². The standard InChI is InChI=1S/C21H27N5O4/c1-21(2,3)26-13-15(12-22-26)18(27)20-23-19(24-30-20)14-7-8-16(17(11-14)28-6)29-10-9-25(4)5/h7-8,11-13H,9-10H2,1-6H3. The van der Waals surface area contributed by atoms with Crippen molar-refractivity contribution in [3.8, 4) is 22.9 Å². The first-order valence-corrected chi connectivity index (χ1v) is 9.58. The number of carbonyl (C=O) groups is 1. The first-order chi connectivity index (χ1) is 14.2. The van der Waals surface area contributed by atoms with Crippen molar-refractivity contribution >= 4 is 5.78 Å². The number of likely N-dealkylation sites (N-methyl/N-ethyl adjacent to an activating group) is 1. The molecule has 9 nitrogen and oxygen atoms in total. The number of nitrogens with zero attached hydrogens (tertiary/aromatic N) is 5. The predicted octanol–water partition coefficient (Wildman–Crippen LogP) is 2.87. The Bertz CT molecular complexity index is 1020. The van der Waals surface area contributed by atoms with Crippen molar-refractivity contribution in [2.75, 3.05) is 34.4 Å². The molecule has 0 amide bonds. The van der Waals surface area contributed by atoms with Crippen LogP contribution in [0.15, 0.2) is 35.1 Å². The zero-order valence-electron chi connectivity index (χ0n) is 18.2. The van der Waals surface area contributed by atoms with Crippen molar-refractivity contribution in [1.82, 2.24) is 24.8 Å². The Hall–Kier alpha value is -3.20. The maximum absolute atomic E-state index is 12.7. The number of aromatic nitrogens is 4. The number of carbonyl (C=O) groups excluding carboxylic acids is 1. The van der Waals surface area contributed by atoms with Crippen molar-refractivity contribution < 1.29 is 18.8 Å². The minimum atomic E-state index is -0.375. The SMILES string of the molecule is COc1cc(-c2noc(C(=O)c3cnn(C(C)(C)C)c3)n2)ccc1OCCN(C)C. The van der Waals surface area contributed by atoms with Gasteiger partial charge >= 0.3 is 0 Å². The van der Waals surface area contributed by atoms with Crippen LogP contribution in [0.4, 0.5) is 0 Å². The summed E-state index contributed by atoms with van der Waals surface area (Å²) in [6.45, 7) is 7.32. The van der Waals surface area contributed by atoms with Crippen molar-refractivity contribution in [1.29, 1.82) is 0 Å². The van der Waals surface area contributed by atoms with Crippen LogP contribution in [0.1, 0.15) is 37.0 Å². The Morgan fingerprint density at radius 1 is 1.23 bits per heavy atom. The lowest BCUT2D eigenvalue weighted by Crippen LogP contribution is -2.22. The summed E-state index contributed by atoms with van der Waals surface area (Å²) in [7, 11) is 5.52. The lowest BCUT2D eigenvalue weighted by molar-refractivity contribution is 0.0994. The van der Waals surface area contributed by atoms with Crippen LogP contribution >= 0.6 is 0 Å². The van der Waals surface area contributed by atoms with Crippen LogP contribution in [0.3, 0.4) is 0 Å². The quantitative estimate of drug-likeness (QED) is 0.520. The largest absolute Gasteiger partial charge is 0.493 e. The number of benzene rings is 1. The zero-order valence-corrected chi connectivity index (χ0v) is 18.2. The summed E-state index contributed by atoms with van der Waals surface area (Å²) in [5, 5.41) is 8.18. The molecular weight excluding hydrogens is 386 g/mol. The Morgan fingerprint density at radius 3 is 2.63 bits per heavy atom. The third kappa shape index (κ3) is 4.85. The molecule has 160 valence electrons. The fourth-order valence-corrected chi connectivity index (χ4v) is 2.63. The van der Waals surface area contributed by atoms with E-state index in [1.165, 1.54) is 6.20 Å². The topological polar surface area (TPSA) is 95.5 Å². The van der Waals surface area contributed by atoms with E-state index in [-0.39, 0.29) is 17.2 Å². The molecule has 0 spiro atoms. The molecular formula is C21H27N5O4. The molecule has 2 heterocycles. The van der Waals surface area contributed by atoms with Gasteiger partial charge in [0.1, 0.15) is 6.61 Å². The minimum Gasteiger partial charge on any atom is -0.493 e. The van der Waals surface area contributed by atoms with E-state index in [4.69, 9.17) is 14.0 Å². The Labute approximate surface area is 175 Å². The van der Waals surface area contributed by atoms with Crippen LogP contribution < -0.4 is 9.47 Å². The van der Waals surface area contributed by atoms with Gasteiger partial charge in [0.15, 0.2) is 11.5 Å². The fraction of sp³-hybridized carbons (Fsp3) is 0.429. The summed E-state index contributed by atoms with van der Waals surface area (Å²) < 4.78 is 18.1. The summed E-state index contributed by atoms with van der Waals surface area (Å²) >= 11 is 0. The zero-order chi connectivity index (χ0) is 21.9. The maximum Gasteiger partial charge on any atom is 0.299 e. The van der Waals surface area contributed by atoms with Gasteiger partial charge < -0.3 is 18.9 Å². The van der Waals surface area contributed by atoms with Gasteiger partial charge in [-0.25, -0.2) is 0 Å². The molecule has 0 aliphatic heterocycles. The van der Waals surface area contributed by atoms with E-state index >= 15 is 0 Å². The molecule has 0 saturated carbocycles. The van der Waals surface area contributed by atoms with Crippen molar-refractivity contribution in [2.24, 2.45) is 0 Å².